The van der Waals surface area contributed by atoms with Gasteiger partial charge in [0.1, 0.15) is 11.9 Å². The highest BCUT2D eigenvalue weighted by Gasteiger charge is 2.44. The second-order valence-corrected chi connectivity index (χ2v) is 12.1. The van der Waals surface area contributed by atoms with Gasteiger partial charge in [0.25, 0.3) is 0 Å². The lowest BCUT2D eigenvalue weighted by Gasteiger charge is -2.53. The van der Waals surface area contributed by atoms with Gasteiger partial charge in [-0.05, 0) is 72.3 Å². The third-order valence-electron chi connectivity index (χ3n) is 8.58. The van der Waals surface area contributed by atoms with Crippen LogP contribution in [0.3, 0.4) is 0 Å². The Labute approximate surface area is 205 Å². The molecule has 4 rings (SSSR count). The Bertz CT molecular complexity index is 979. The van der Waals surface area contributed by atoms with Gasteiger partial charge in [-0.3, -0.25) is 4.90 Å². The van der Waals surface area contributed by atoms with Crippen LogP contribution < -0.4 is 4.74 Å². The summed E-state index contributed by atoms with van der Waals surface area (Å²) in [4.78, 5) is 17.1. The molecule has 2 aliphatic rings. The molecule has 34 heavy (non-hydrogen) atoms. The number of aliphatic hydroxyl groups excluding tert-OH is 1. The maximum Gasteiger partial charge on any atom is 0.224 e. The van der Waals surface area contributed by atoms with Crippen LogP contribution in [-0.2, 0) is 6.42 Å². The molecule has 0 unspecified atom stereocenters. The van der Waals surface area contributed by atoms with Crippen LogP contribution in [-0.4, -0.2) is 55.3 Å². The topological polar surface area (TPSA) is 71.4 Å². The molecule has 6 heteroatoms. The van der Waals surface area contributed by atoms with Crippen molar-refractivity contribution in [3.8, 4) is 5.88 Å². The van der Waals surface area contributed by atoms with E-state index in [0.717, 1.165) is 68.1 Å². The first kappa shape index (κ1) is 25.3. The number of aliphatic hydroxyl groups is 1. The summed E-state index contributed by atoms with van der Waals surface area (Å²) in [5.41, 5.74) is 2.27. The lowest BCUT2D eigenvalue weighted by molar-refractivity contribution is -0.0563. The van der Waals surface area contributed by atoms with Crippen molar-refractivity contribution >= 4 is 10.9 Å². The zero-order valence-electron chi connectivity index (χ0n) is 22.3. The summed E-state index contributed by atoms with van der Waals surface area (Å²) >= 11 is 0. The van der Waals surface area contributed by atoms with Crippen molar-refractivity contribution in [2.75, 3.05) is 7.05 Å². The fraction of sp³-hybridized carbons (Fsp3) is 0.750. The largest absolute Gasteiger partial charge is 0.474 e. The molecule has 0 aromatic carbocycles. The van der Waals surface area contributed by atoms with Gasteiger partial charge in [0.15, 0.2) is 0 Å². The summed E-state index contributed by atoms with van der Waals surface area (Å²) in [7, 11) is 2.21. The monoisotopic (exact) mass is 468 g/mol. The summed E-state index contributed by atoms with van der Waals surface area (Å²) in [6, 6.07) is 0. The number of fused-ring (bicyclic) bond motifs is 1. The van der Waals surface area contributed by atoms with Gasteiger partial charge in [-0.15, -0.1) is 0 Å². The summed E-state index contributed by atoms with van der Waals surface area (Å²) in [5.74, 6) is 2.48. The first-order valence-corrected chi connectivity index (χ1v) is 13.2. The van der Waals surface area contributed by atoms with E-state index in [1.165, 1.54) is 5.56 Å². The normalized spacial score (nSPS) is 26.5. The fourth-order valence-electron chi connectivity index (χ4n) is 5.91. The van der Waals surface area contributed by atoms with Crippen molar-refractivity contribution in [1.29, 1.82) is 0 Å². The third kappa shape index (κ3) is 5.23. The Morgan fingerprint density at radius 3 is 2.32 bits per heavy atom. The molecule has 2 aromatic rings. The number of pyridine rings is 1. The van der Waals surface area contributed by atoms with Gasteiger partial charge in [0, 0.05) is 48.3 Å². The minimum absolute atomic E-state index is 0.0467. The van der Waals surface area contributed by atoms with Crippen LogP contribution >= 0.6 is 0 Å². The Morgan fingerprint density at radius 1 is 1.06 bits per heavy atom. The SMILES string of the molecule is CC[C@H](C)Cc1ncc2c(OC3CC(C)(C)N(C)C(C)(C)C3)ncc(C3CCC(O)CC3)c2n1. The van der Waals surface area contributed by atoms with Gasteiger partial charge in [-0.1, -0.05) is 20.3 Å². The maximum atomic E-state index is 10.0. The molecule has 6 nitrogen and oxygen atoms in total. The van der Waals surface area contributed by atoms with Crippen molar-refractivity contribution in [2.24, 2.45) is 5.92 Å². The number of ether oxygens (including phenoxy) is 1. The summed E-state index contributed by atoms with van der Waals surface area (Å²) in [5, 5.41) is 10.9. The standard InChI is InChI=1S/C28H44N4O2/c1-8-18(2)13-24-29-17-23-25(31-24)22(19-9-11-20(33)12-10-19)16-30-26(23)34-21-14-27(3,4)32(7)28(5,6)15-21/h16-21,33H,8-15H2,1-7H3/t18-,19?,20?/m0/s1. The van der Waals surface area contributed by atoms with Gasteiger partial charge < -0.3 is 9.84 Å². The van der Waals surface area contributed by atoms with Crippen LogP contribution in [0.1, 0.15) is 104 Å². The quantitative estimate of drug-likeness (QED) is 0.590. The van der Waals surface area contributed by atoms with E-state index in [4.69, 9.17) is 19.7 Å². The van der Waals surface area contributed by atoms with Gasteiger partial charge in [0.05, 0.1) is 17.0 Å². The highest BCUT2D eigenvalue weighted by atomic mass is 16.5. The first-order valence-electron chi connectivity index (χ1n) is 13.2. The molecule has 0 spiro atoms. The molecule has 0 radical (unpaired) electrons. The van der Waals surface area contributed by atoms with Crippen molar-refractivity contribution in [3.05, 3.63) is 23.8 Å². The van der Waals surface area contributed by atoms with Crippen LogP contribution in [0.5, 0.6) is 5.88 Å². The van der Waals surface area contributed by atoms with E-state index in [-0.39, 0.29) is 23.3 Å². The molecule has 1 saturated carbocycles. The Hall–Kier alpha value is -1.79. The van der Waals surface area contributed by atoms with E-state index >= 15 is 0 Å². The second-order valence-electron chi connectivity index (χ2n) is 12.1. The Kier molecular flexibility index (Phi) is 7.21. The number of rotatable bonds is 6. The smallest absolute Gasteiger partial charge is 0.224 e. The number of piperidine rings is 1. The Balaban J connectivity index is 1.69. The minimum atomic E-state index is -0.176. The van der Waals surface area contributed by atoms with Crippen LogP contribution in [0.2, 0.25) is 0 Å². The third-order valence-corrected chi connectivity index (χ3v) is 8.58. The molecule has 188 valence electrons. The lowest BCUT2D eigenvalue weighted by Crippen LogP contribution is -2.60. The predicted octanol–water partition coefficient (Wildman–Crippen LogP) is 5.66. The number of nitrogens with zero attached hydrogens (tertiary/aromatic N) is 4. The molecule has 1 saturated heterocycles. The number of likely N-dealkylation sites (tertiary alicyclic amines) is 1. The molecular formula is C28H44N4O2. The highest BCUT2D eigenvalue weighted by Crippen LogP contribution is 2.41. The van der Waals surface area contributed by atoms with E-state index < -0.39 is 0 Å². The van der Waals surface area contributed by atoms with Crippen molar-refractivity contribution < 1.29 is 9.84 Å². The van der Waals surface area contributed by atoms with Crippen LogP contribution in [0, 0.1) is 5.92 Å². The number of aromatic nitrogens is 3. The average molecular weight is 469 g/mol. The van der Waals surface area contributed by atoms with Gasteiger partial charge in [0.2, 0.25) is 5.88 Å². The molecule has 1 N–H and O–H groups in total. The summed E-state index contributed by atoms with van der Waals surface area (Å²) in [6.07, 6.45) is 11.4. The maximum absolute atomic E-state index is 10.0. The molecule has 3 heterocycles. The van der Waals surface area contributed by atoms with Gasteiger partial charge in [-0.2, -0.15) is 0 Å². The fourth-order valence-corrected chi connectivity index (χ4v) is 5.91. The molecular weight excluding hydrogens is 424 g/mol. The molecule has 0 bridgehead atoms. The number of hydrogen-bond donors (Lipinski definition) is 1. The molecule has 2 fully saturated rings. The zero-order chi connectivity index (χ0) is 24.7. The minimum Gasteiger partial charge on any atom is -0.474 e. The van der Waals surface area contributed by atoms with Gasteiger partial charge in [-0.25, -0.2) is 15.0 Å². The lowest BCUT2D eigenvalue weighted by atomic mass is 9.79. The second kappa shape index (κ2) is 9.69. The van der Waals surface area contributed by atoms with Crippen molar-refractivity contribution in [2.45, 2.75) is 122 Å². The van der Waals surface area contributed by atoms with Gasteiger partial charge >= 0.3 is 0 Å². The Morgan fingerprint density at radius 2 is 1.71 bits per heavy atom. The highest BCUT2D eigenvalue weighted by molar-refractivity contribution is 5.85. The van der Waals surface area contributed by atoms with Crippen molar-refractivity contribution in [3.63, 3.8) is 0 Å². The van der Waals surface area contributed by atoms with Crippen molar-refractivity contribution in [1.82, 2.24) is 19.9 Å². The summed E-state index contributed by atoms with van der Waals surface area (Å²) in [6.45, 7) is 13.6. The molecule has 1 aliphatic heterocycles. The predicted molar refractivity (Wildman–Crippen MR) is 137 cm³/mol. The molecule has 0 amide bonds. The molecule has 1 aliphatic carbocycles. The number of hydrogen-bond acceptors (Lipinski definition) is 6. The van der Waals surface area contributed by atoms with Crippen LogP contribution in [0.4, 0.5) is 0 Å². The summed E-state index contributed by atoms with van der Waals surface area (Å²) < 4.78 is 6.63. The van der Waals surface area contributed by atoms with E-state index in [1.807, 2.05) is 12.4 Å². The molecule has 1 atom stereocenters. The van der Waals surface area contributed by atoms with Crippen LogP contribution in [0.15, 0.2) is 12.4 Å². The molecule has 2 aromatic heterocycles. The van der Waals surface area contributed by atoms with Crippen LogP contribution in [0.25, 0.3) is 10.9 Å². The van der Waals surface area contributed by atoms with E-state index in [2.05, 4.69) is 53.5 Å². The average Bonchev–Trinajstić information content (AvgIpc) is 2.78. The zero-order valence-corrected chi connectivity index (χ0v) is 22.3. The van der Waals surface area contributed by atoms with E-state index in [9.17, 15) is 5.11 Å². The first-order chi connectivity index (χ1) is 16.0. The van der Waals surface area contributed by atoms with E-state index in [1.54, 1.807) is 0 Å². The van der Waals surface area contributed by atoms with E-state index in [0.29, 0.717) is 17.7 Å².